The number of hydrogen-bond acceptors (Lipinski definition) is 3. The highest BCUT2D eigenvalue weighted by Gasteiger charge is 2.22. The van der Waals surface area contributed by atoms with E-state index >= 15 is 4.39 Å². The number of hydrogen-bond donors (Lipinski definition) is 2. The lowest BCUT2D eigenvalue weighted by molar-refractivity contribution is 0.0951. The van der Waals surface area contributed by atoms with Crippen LogP contribution in [0.25, 0.3) is 22.2 Å². The van der Waals surface area contributed by atoms with Crippen LogP contribution in [-0.2, 0) is 0 Å². The van der Waals surface area contributed by atoms with Crippen molar-refractivity contribution in [1.82, 2.24) is 15.3 Å². The van der Waals surface area contributed by atoms with Gasteiger partial charge in [0.25, 0.3) is 5.91 Å². The Labute approximate surface area is 137 Å². The van der Waals surface area contributed by atoms with Crippen LogP contribution in [0.2, 0.25) is 0 Å². The largest absolute Gasteiger partial charge is 0.490 e. The van der Waals surface area contributed by atoms with Crippen molar-refractivity contribution in [2.45, 2.75) is 12.8 Å². The van der Waals surface area contributed by atoms with Crippen LogP contribution < -0.4 is 10.1 Å². The molecule has 122 valence electrons. The van der Waals surface area contributed by atoms with Crippen molar-refractivity contribution in [3.05, 3.63) is 48.0 Å². The molecular weight excluding hydrogens is 309 g/mol. The number of nitrogens with one attached hydrogen (secondary N) is 2. The molecule has 5 nitrogen and oxygen atoms in total. The Hall–Kier alpha value is -2.89. The first-order valence-corrected chi connectivity index (χ1v) is 7.91. The summed E-state index contributed by atoms with van der Waals surface area (Å²) in [6, 6.07) is 6.91. The van der Waals surface area contributed by atoms with Gasteiger partial charge in [0.05, 0.1) is 12.2 Å². The number of fused-ring (bicyclic) bond motifs is 2. The average molecular weight is 325 g/mol. The number of halogens is 1. The summed E-state index contributed by atoms with van der Waals surface area (Å²) in [5.74, 6) is -0.808. The monoisotopic (exact) mass is 325 g/mol. The molecule has 0 bridgehead atoms. The maximum Gasteiger partial charge on any atom is 0.255 e. The molecule has 1 aliphatic rings. The molecule has 3 aromatic rings. The first kappa shape index (κ1) is 14.7. The van der Waals surface area contributed by atoms with Crippen LogP contribution in [0, 0.1) is 5.82 Å². The van der Waals surface area contributed by atoms with E-state index in [-0.39, 0.29) is 17.2 Å². The maximum absolute atomic E-state index is 15.1. The highest BCUT2D eigenvalue weighted by atomic mass is 19.1. The van der Waals surface area contributed by atoms with Gasteiger partial charge in [-0.15, -0.1) is 0 Å². The first-order valence-electron chi connectivity index (χ1n) is 7.91. The molecule has 1 amide bonds. The zero-order chi connectivity index (χ0) is 16.5. The molecule has 2 N–H and O–H groups in total. The first-order chi connectivity index (χ1) is 11.8. The molecular formula is C18H16FN3O2. The summed E-state index contributed by atoms with van der Waals surface area (Å²) in [7, 11) is 0. The third-order valence-electron chi connectivity index (χ3n) is 4.19. The van der Waals surface area contributed by atoms with Crippen molar-refractivity contribution < 1.29 is 13.9 Å². The van der Waals surface area contributed by atoms with Crippen molar-refractivity contribution in [2.75, 3.05) is 13.2 Å². The Morgan fingerprint density at radius 3 is 2.92 bits per heavy atom. The van der Waals surface area contributed by atoms with Gasteiger partial charge in [-0.3, -0.25) is 4.79 Å². The average Bonchev–Trinajstić information content (AvgIpc) is 3.04. The van der Waals surface area contributed by atoms with E-state index in [4.69, 9.17) is 4.74 Å². The van der Waals surface area contributed by atoms with E-state index < -0.39 is 5.82 Å². The number of pyridine rings is 1. The molecule has 24 heavy (non-hydrogen) atoms. The van der Waals surface area contributed by atoms with E-state index in [1.165, 1.54) is 0 Å². The van der Waals surface area contributed by atoms with Crippen molar-refractivity contribution in [3.8, 4) is 16.9 Å². The van der Waals surface area contributed by atoms with Crippen molar-refractivity contribution in [3.63, 3.8) is 0 Å². The Morgan fingerprint density at radius 1 is 1.12 bits per heavy atom. The van der Waals surface area contributed by atoms with Gasteiger partial charge < -0.3 is 15.0 Å². The Morgan fingerprint density at radius 2 is 2.00 bits per heavy atom. The van der Waals surface area contributed by atoms with Crippen molar-refractivity contribution in [2.24, 2.45) is 0 Å². The molecule has 0 saturated heterocycles. The number of nitrogens with zero attached hydrogens (tertiary/aromatic N) is 1. The minimum atomic E-state index is -0.519. The van der Waals surface area contributed by atoms with Gasteiger partial charge in [0, 0.05) is 35.5 Å². The summed E-state index contributed by atoms with van der Waals surface area (Å²) in [4.78, 5) is 19.5. The zero-order valence-electron chi connectivity index (χ0n) is 12.9. The van der Waals surface area contributed by atoms with Crippen molar-refractivity contribution in [1.29, 1.82) is 0 Å². The molecule has 6 heteroatoms. The number of aromatic nitrogens is 2. The minimum absolute atomic E-state index is 0.0186. The second-order valence-corrected chi connectivity index (χ2v) is 5.72. The summed E-state index contributed by atoms with van der Waals surface area (Å²) < 4.78 is 20.7. The summed E-state index contributed by atoms with van der Waals surface area (Å²) in [6.45, 7) is 0.955. The second-order valence-electron chi connectivity index (χ2n) is 5.72. The van der Waals surface area contributed by atoms with Crippen LogP contribution in [0.15, 0.2) is 36.7 Å². The van der Waals surface area contributed by atoms with E-state index in [0.717, 1.165) is 18.2 Å². The normalized spacial score (nSPS) is 15.0. The smallest absolute Gasteiger partial charge is 0.255 e. The summed E-state index contributed by atoms with van der Waals surface area (Å²) in [6.07, 6.45) is 4.97. The van der Waals surface area contributed by atoms with E-state index in [2.05, 4.69) is 15.3 Å². The van der Waals surface area contributed by atoms with E-state index in [0.29, 0.717) is 29.9 Å². The highest BCUT2D eigenvalue weighted by Crippen LogP contribution is 2.36. The Balaban J connectivity index is 1.87. The third-order valence-corrected chi connectivity index (χ3v) is 4.19. The summed E-state index contributed by atoms with van der Waals surface area (Å²) in [5, 5.41) is 3.61. The topological polar surface area (TPSA) is 67.0 Å². The number of H-pyrrole nitrogens is 1. The quantitative estimate of drug-likeness (QED) is 0.721. The van der Waals surface area contributed by atoms with Gasteiger partial charge >= 0.3 is 0 Å². The molecule has 0 saturated carbocycles. The molecule has 3 heterocycles. The number of rotatable bonds is 1. The van der Waals surface area contributed by atoms with Crippen molar-refractivity contribution >= 4 is 16.9 Å². The molecule has 4 rings (SSSR count). The van der Waals surface area contributed by atoms with Crippen LogP contribution in [0.5, 0.6) is 5.75 Å². The van der Waals surface area contributed by atoms with Crippen LogP contribution in [0.4, 0.5) is 4.39 Å². The lowest BCUT2D eigenvalue weighted by Crippen LogP contribution is -2.24. The number of carbonyl (C=O) groups excluding carboxylic acids is 1. The van der Waals surface area contributed by atoms with Crippen LogP contribution in [0.1, 0.15) is 23.2 Å². The van der Waals surface area contributed by atoms with Gasteiger partial charge in [0.15, 0.2) is 11.6 Å². The maximum atomic E-state index is 15.1. The van der Waals surface area contributed by atoms with Crippen LogP contribution in [0.3, 0.4) is 0 Å². The molecule has 0 spiro atoms. The number of aromatic amines is 1. The van der Waals surface area contributed by atoms with Gasteiger partial charge in [-0.2, -0.15) is 0 Å². The molecule has 0 radical (unpaired) electrons. The predicted octanol–water partition coefficient (Wildman–Crippen LogP) is 3.27. The molecule has 1 aliphatic heterocycles. The predicted molar refractivity (Wildman–Crippen MR) is 88.5 cm³/mol. The van der Waals surface area contributed by atoms with Crippen LogP contribution >= 0.6 is 0 Å². The minimum Gasteiger partial charge on any atom is -0.490 e. The fraction of sp³-hybridized carbons (Fsp3) is 0.222. The number of ether oxygens (including phenoxy) is 1. The number of carbonyl (C=O) groups is 1. The molecule has 0 fully saturated rings. The van der Waals surface area contributed by atoms with Gasteiger partial charge in [-0.1, -0.05) is 6.07 Å². The van der Waals surface area contributed by atoms with E-state index in [1.54, 1.807) is 30.6 Å². The molecule has 0 aliphatic carbocycles. The van der Waals surface area contributed by atoms with Gasteiger partial charge in [0.1, 0.15) is 5.65 Å². The van der Waals surface area contributed by atoms with E-state index in [9.17, 15) is 4.79 Å². The highest BCUT2D eigenvalue weighted by molar-refractivity contribution is 5.99. The van der Waals surface area contributed by atoms with Crippen LogP contribution in [-0.4, -0.2) is 29.0 Å². The lowest BCUT2D eigenvalue weighted by Gasteiger charge is -2.13. The van der Waals surface area contributed by atoms with E-state index in [1.807, 2.05) is 6.07 Å². The Bertz CT molecular complexity index is 920. The SMILES string of the molecule is O=C1NCCCCOc2c1ccc(-c1c[nH]c3ncccc13)c2F. The number of benzene rings is 1. The fourth-order valence-electron chi connectivity index (χ4n) is 2.96. The Kier molecular flexibility index (Phi) is 3.65. The zero-order valence-corrected chi connectivity index (χ0v) is 12.9. The second kappa shape index (κ2) is 5.96. The molecule has 1 aromatic carbocycles. The standard InChI is InChI=1S/C18H16FN3O2/c19-15-11(14-10-22-17-12(14)4-3-8-20-17)5-6-13-16(15)24-9-2-1-7-21-18(13)23/h3-6,8,10H,1-2,7,9H2,(H,20,22)(H,21,23). The third kappa shape index (κ3) is 2.40. The summed E-state index contributed by atoms with van der Waals surface area (Å²) in [5.41, 5.74) is 2.01. The lowest BCUT2D eigenvalue weighted by atomic mass is 10.0. The molecule has 0 unspecified atom stereocenters. The van der Waals surface area contributed by atoms with Gasteiger partial charge in [0.2, 0.25) is 0 Å². The van der Waals surface area contributed by atoms with Gasteiger partial charge in [-0.25, -0.2) is 9.37 Å². The summed E-state index contributed by atoms with van der Waals surface area (Å²) >= 11 is 0. The molecule has 2 aromatic heterocycles. The van der Waals surface area contributed by atoms with Gasteiger partial charge in [-0.05, 0) is 31.0 Å². The fourth-order valence-corrected chi connectivity index (χ4v) is 2.96. The number of amides is 1. The molecule has 0 atom stereocenters.